The van der Waals surface area contributed by atoms with Crippen molar-refractivity contribution in [1.82, 2.24) is 5.32 Å². The van der Waals surface area contributed by atoms with Gasteiger partial charge in [-0.05, 0) is 18.1 Å². The van der Waals surface area contributed by atoms with Crippen LogP contribution < -0.4 is 5.32 Å². The first-order chi connectivity index (χ1) is 8.19. The lowest BCUT2D eigenvalue weighted by atomic mass is 10.1. The van der Waals surface area contributed by atoms with E-state index < -0.39 is 6.10 Å². The highest BCUT2D eigenvalue weighted by Gasteiger charge is 2.11. The molecule has 0 heterocycles. The number of carbonyl (C=O) groups is 1. The summed E-state index contributed by atoms with van der Waals surface area (Å²) in [6.07, 6.45) is -0.426. The molecule has 0 saturated heterocycles. The second kappa shape index (κ2) is 7.04. The monoisotopic (exact) mass is 237 g/mol. The van der Waals surface area contributed by atoms with Gasteiger partial charge in [0.25, 0.3) is 0 Å². The Morgan fingerprint density at radius 1 is 1.29 bits per heavy atom. The van der Waals surface area contributed by atoms with E-state index in [0.29, 0.717) is 13.2 Å². The molecule has 1 amide bonds. The first-order valence-corrected chi connectivity index (χ1v) is 5.55. The molecule has 1 aromatic rings. The van der Waals surface area contributed by atoms with Gasteiger partial charge in [-0.3, -0.25) is 4.79 Å². The normalized spacial score (nSPS) is 12.2. The maximum Gasteiger partial charge on any atom is 0.249 e. The molecule has 1 unspecified atom stereocenters. The van der Waals surface area contributed by atoms with Crippen LogP contribution in [0.3, 0.4) is 0 Å². The molecule has 4 heteroatoms. The fourth-order valence-corrected chi connectivity index (χ4v) is 1.46. The van der Waals surface area contributed by atoms with E-state index in [1.54, 1.807) is 14.0 Å². The predicted octanol–water partition coefficient (Wildman–Crippen LogP) is 1.48. The molecule has 0 fully saturated rings. The van der Waals surface area contributed by atoms with Gasteiger partial charge in [-0.25, -0.2) is 0 Å². The largest absolute Gasteiger partial charge is 0.380 e. The molecule has 4 nitrogen and oxygen atoms in total. The van der Waals surface area contributed by atoms with Gasteiger partial charge in [0.15, 0.2) is 0 Å². The average Bonchev–Trinajstić information content (AvgIpc) is 2.36. The summed E-state index contributed by atoms with van der Waals surface area (Å²) in [6, 6.07) is 7.87. The molecule has 0 spiro atoms. The molecule has 0 aliphatic carbocycles. The van der Waals surface area contributed by atoms with Crippen molar-refractivity contribution in [1.29, 1.82) is 0 Å². The van der Waals surface area contributed by atoms with Crippen molar-refractivity contribution in [3.05, 3.63) is 35.4 Å². The second-order valence-electron chi connectivity index (χ2n) is 3.80. The first kappa shape index (κ1) is 13.7. The Bertz CT molecular complexity index is 365. The van der Waals surface area contributed by atoms with Crippen molar-refractivity contribution >= 4 is 5.91 Å². The average molecular weight is 237 g/mol. The number of nitrogens with one attached hydrogen (secondary N) is 1. The van der Waals surface area contributed by atoms with Gasteiger partial charge in [0.2, 0.25) is 5.91 Å². The molecular formula is C13H19NO3. The smallest absolute Gasteiger partial charge is 0.249 e. The summed E-state index contributed by atoms with van der Waals surface area (Å²) < 4.78 is 10.0. The third-order valence-electron chi connectivity index (χ3n) is 2.59. The number of amides is 1. The molecular weight excluding hydrogens is 218 g/mol. The maximum absolute atomic E-state index is 11.5. The Balaban J connectivity index is 2.59. The summed E-state index contributed by atoms with van der Waals surface area (Å²) >= 11 is 0. The topological polar surface area (TPSA) is 47.6 Å². The molecule has 17 heavy (non-hydrogen) atoms. The van der Waals surface area contributed by atoms with Crippen molar-refractivity contribution in [2.24, 2.45) is 0 Å². The Labute approximate surface area is 102 Å². The van der Waals surface area contributed by atoms with Crippen LogP contribution in [0.2, 0.25) is 0 Å². The third-order valence-corrected chi connectivity index (χ3v) is 2.59. The zero-order chi connectivity index (χ0) is 12.7. The van der Waals surface area contributed by atoms with E-state index in [1.807, 2.05) is 24.3 Å². The minimum Gasteiger partial charge on any atom is -0.380 e. The van der Waals surface area contributed by atoms with Crippen molar-refractivity contribution < 1.29 is 14.3 Å². The minimum atomic E-state index is -0.426. The zero-order valence-corrected chi connectivity index (χ0v) is 10.5. The molecule has 1 atom stereocenters. The second-order valence-corrected chi connectivity index (χ2v) is 3.80. The van der Waals surface area contributed by atoms with E-state index in [0.717, 1.165) is 11.1 Å². The van der Waals surface area contributed by atoms with Crippen LogP contribution in [0, 0.1) is 0 Å². The molecule has 0 aromatic heterocycles. The minimum absolute atomic E-state index is 0.111. The summed E-state index contributed by atoms with van der Waals surface area (Å²) in [4.78, 5) is 11.5. The number of methoxy groups -OCH3 is 2. The maximum atomic E-state index is 11.5. The molecule has 0 saturated carbocycles. The number of hydrogen-bond acceptors (Lipinski definition) is 3. The molecule has 0 aliphatic heterocycles. The number of rotatable bonds is 6. The van der Waals surface area contributed by atoms with Crippen LogP contribution >= 0.6 is 0 Å². The van der Waals surface area contributed by atoms with Crippen LogP contribution in [0.5, 0.6) is 0 Å². The van der Waals surface area contributed by atoms with Gasteiger partial charge >= 0.3 is 0 Å². The van der Waals surface area contributed by atoms with Crippen molar-refractivity contribution in [2.75, 3.05) is 14.2 Å². The highest BCUT2D eigenvalue weighted by molar-refractivity contribution is 5.80. The molecule has 1 aromatic carbocycles. The molecule has 94 valence electrons. The fraction of sp³-hybridized carbons (Fsp3) is 0.462. The third kappa shape index (κ3) is 4.17. The molecule has 1 rings (SSSR count). The van der Waals surface area contributed by atoms with Gasteiger partial charge in [0.1, 0.15) is 6.10 Å². The number of hydrogen-bond donors (Lipinski definition) is 1. The van der Waals surface area contributed by atoms with E-state index in [1.165, 1.54) is 7.11 Å². The van der Waals surface area contributed by atoms with E-state index in [9.17, 15) is 4.79 Å². The van der Waals surface area contributed by atoms with Gasteiger partial charge in [0, 0.05) is 20.8 Å². The van der Waals surface area contributed by atoms with Crippen LogP contribution in [0.25, 0.3) is 0 Å². The van der Waals surface area contributed by atoms with E-state index >= 15 is 0 Å². The van der Waals surface area contributed by atoms with Crippen LogP contribution in [0.1, 0.15) is 18.1 Å². The SMILES string of the molecule is COCc1ccccc1CNC(=O)C(C)OC. The van der Waals surface area contributed by atoms with Gasteiger partial charge in [-0.15, -0.1) is 0 Å². The highest BCUT2D eigenvalue weighted by atomic mass is 16.5. The van der Waals surface area contributed by atoms with Crippen molar-refractivity contribution in [3.63, 3.8) is 0 Å². The molecule has 0 radical (unpaired) electrons. The predicted molar refractivity (Wildman–Crippen MR) is 65.5 cm³/mol. The van der Waals surface area contributed by atoms with Gasteiger partial charge < -0.3 is 14.8 Å². The van der Waals surface area contributed by atoms with Crippen LogP contribution in [-0.4, -0.2) is 26.2 Å². The first-order valence-electron chi connectivity index (χ1n) is 5.55. The lowest BCUT2D eigenvalue weighted by Crippen LogP contribution is -2.33. The fourth-order valence-electron chi connectivity index (χ4n) is 1.46. The van der Waals surface area contributed by atoms with Crippen LogP contribution in [0.15, 0.2) is 24.3 Å². The van der Waals surface area contributed by atoms with E-state index in [4.69, 9.17) is 9.47 Å². The van der Waals surface area contributed by atoms with Crippen LogP contribution in [0.4, 0.5) is 0 Å². The quantitative estimate of drug-likeness (QED) is 0.815. The zero-order valence-electron chi connectivity index (χ0n) is 10.5. The molecule has 0 bridgehead atoms. The summed E-state index contributed by atoms with van der Waals surface area (Å²) in [6.45, 7) is 2.76. The van der Waals surface area contributed by atoms with Gasteiger partial charge in [-0.1, -0.05) is 24.3 Å². The van der Waals surface area contributed by atoms with Crippen molar-refractivity contribution in [2.45, 2.75) is 26.2 Å². The molecule has 1 N–H and O–H groups in total. The summed E-state index contributed by atoms with van der Waals surface area (Å²) in [5.41, 5.74) is 2.14. The van der Waals surface area contributed by atoms with Crippen molar-refractivity contribution in [3.8, 4) is 0 Å². The Morgan fingerprint density at radius 3 is 2.53 bits per heavy atom. The summed E-state index contributed by atoms with van der Waals surface area (Å²) in [5.74, 6) is -0.111. The lowest BCUT2D eigenvalue weighted by molar-refractivity contribution is -0.130. The van der Waals surface area contributed by atoms with E-state index in [2.05, 4.69) is 5.32 Å². The number of ether oxygens (including phenoxy) is 2. The summed E-state index contributed by atoms with van der Waals surface area (Å²) in [5, 5.41) is 2.83. The van der Waals surface area contributed by atoms with Gasteiger partial charge in [-0.2, -0.15) is 0 Å². The van der Waals surface area contributed by atoms with Crippen LogP contribution in [-0.2, 0) is 27.4 Å². The number of benzene rings is 1. The Kier molecular flexibility index (Phi) is 5.66. The standard InChI is InChI=1S/C13H19NO3/c1-10(17-3)13(15)14-8-11-6-4-5-7-12(11)9-16-2/h4-7,10H,8-9H2,1-3H3,(H,14,15). The highest BCUT2D eigenvalue weighted by Crippen LogP contribution is 2.09. The van der Waals surface area contributed by atoms with Gasteiger partial charge in [0.05, 0.1) is 6.61 Å². The Hall–Kier alpha value is -1.39. The van der Waals surface area contributed by atoms with E-state index in [-0.39, 0.29) is 5.91 Å². The summed E-state index contributed by atoms with van der Waals surface area (Å²) in [7, 11) is 3.17. The Morgan fingerprint density at radius 2 is 1.94 bits per heavy atom. The molecule has 0 aliphatic rings. The number of carbonyl (C=O) groups excluding carboxylic acids is 1. The lowest BCUT2D eigenvalue weighted by Gasteiger charge is -2.12.